The fourth-order valence-electron chi connectivity index (χ4n) is 1.38. The van der Waals surface area contributed by atoms with Gasteiger partial charge in [0, 0.05) is 16.8 Å². The van der Waals surface area contributed by atoms with Gasteiger partial charge in [-0.3, -0.25) is 0 Å². The smallest absolute Gasteiger partial charge is 0.130 e. The average Bonchev–Trinajstić information content (AvgIpc) is 2.91. The van der Waals surface area contributed by atoms with Gasteiger partial charge in [0.2, 0.25) is 0 Å². The topological polar surface area (TPSA) is 24.9 Å². The minimum atomic E-state index is 0.832. The van der Waals surface area contributed by atoms with Crippen molar-refractivity contribution in [3.63, 3.8) is 0 Å². The van der Waals surface area contributed by atoms with Crippen molar-refractivity contribution in [3.05, 3.63) is 52.9 Å². The van der Waals surface area contributed by atoms with Gasteiger partial charge in [0.15, 0.2) is 0 Å². The molecule has 0 saturated carbocycles. The molecule has 18 heavy (non-hydrogen) atoms. The van der Waals surface area contributed by atoms with E-state index in [-0.39, 0.29) is 0 Å². The lowest BCUT2D eigenvalue weighted by Crippen LogP contribution is -1.96. The van der Waals surface area contributed by atoms with Gasteiger partial charge in [0.1, 0.15) is 5.82 Å². The zero-order valence-corrected chi connectivity index (χ0v) is 12.1. The number of thiophene rings is 1. The lowest BCUT2D eigenvalue weighted by molar-refractivity contribution is 1.19. The number of nitrogens with one attached hydrogen (secondary N) is 1. The number of aryl methyl sites for hydroxylation is 1. The first-order chi connectivity index (χ1) is 8.79. The molecular weight excluding hydrogens is 240 g/mol. The Labute approximate surface area is 113 Å². The van der Waals surface area contributed by atoms with Gasteiger partial charge in [-0.25, -0.2) is 4.98 Å². The van der Waals surface area contributed by atoms with Crippen LogP contribution in [0.5, 0.6) is 0 Å². The van der Waals surface area contributed by atoms with E-state index in [2.05, 4.69) is 35.9 Å². The van der Waals surface area contributed by atoms with Crippen molar-refractivity contribution < 1.29 is 0 Å². The summed E-state index contributed by atoms with van der Waals surface area (Å²) in [6.07, 6.45) is 2.84. The second-order valence-corrected chi connectivity index (χ2v) is 4.61. The molecule has 1 N–H and O–H groups in total. The molecule has 0 radical (unpaired) electrons. The second-order valence-electron chi connectivity index (χ2n) is 3.44. The van der Waals surface area contributed by atoms with Gasteiger partial charge in [-0.15, -0.1) is 11.3 Å². The molecule has 0 amide bonds. The Morgan fingerprint density at radius 3 is 2.61 bits per heavy atom. The van der Waals surface area contributed by atoms with Crippen molar-refractivity contribution in [3.8, 4) is 0 Å². The van der Waals surface area contributed by atoms with Gasteiger partial charge in [-0.1, -0.05) is 33.4 Å². The maximum atomic E-state index is 4.20. The van der Waals surface area contributed by atoms with E-state index in [0.717, 1.165) is 17.9 Å². The SMILES string of the molecule is C=C(Nc1ccccn1)c1ccc(CC)s1.CC. The lowest BCUT2D eigenvalue weighted by atomic mass is 10.3. The highest BCUT2D eigenvalue weighted by Gasteiger charge is 2.03. The summed E-state index contributed by atoms with van der Waals surface area (Å²) in [4.78, 5) is 6.75. The third kappa shape index (κ3) is 4.00. The molecule has 2 rings (SSSR count). The summed E-state index contributed by atoms with van der Waals surface area (Å²) in [5.41, 5.74) is 0.906. The van der Waals surface area contributed by atoms with E-state index in [1.54, 1.807) is 17.5 Å². The molecule has 2 aromatic rings. The van der Waals surface area contributed by atoms with Crippen LogP contribution in [0.4, 0.5) is 5.82 Å². The van der Waals surface area contributed by atoms with Crippen LogP contribution < -0.4 is 5.32 Å². The summed E-state index contributed by atoms with van der Waals surface area (Å²) in [6.45, 7) is 10.2. The van der Waals surface area contributed by atoms with Crippen molar-refractivity contribution in [2.75, 3.05) is 5.32 Å². The molecule has 2 aromatic heterocycles. The summed E-state index contributed by atoms with van der Waals surface area (Å²) in [7, 11) is 0. The number of rotatable bonds is 4. The van der Waals surface area contributed by atoms with E-state index in [1.165, 1.54) is 9.75 Å². The average molecular weight is 260 g/mol. The number of pyridine rings is 1. The molecule has 0 unspecified atom stereocenters. The predicted molar refractivity (Wildman–Crippen MR) is 81.9 cm³/mol. The zero-order chi connectivity index (χ0) is 13.4. The normalized spacial score (nSPS) is 9.28. The fourth-order valence-corrected chi connectivity index (χ4v) is 2.26. The van der Waals surface area contributed by atoms with Gasteiger partial charge in [0.05, 0.1) is 4.88 Å². The van der Waals surface area contributed by atoms with E-state index in [4.69, 9.17) is 0 Å². The Kier molecular flexibility index (Phi) is 6.15. The molecule has 0 spiro atoms. The maximum Gasteiger partial charge on any atom is 0.130 e. The monoisotopic (exact) mass is 260 g/mol. The summed E-state index contributed by atoms with van der Waals surface area (Å²) < 4.78 is 0. The molecule has 0 aliphatic heterocycles. The highest BCUT2D eigenvalue weighted by atomic mass is 32.1. The standard InChI is InChI=1S/C13H14N2S.C2H6/c1-3-11-7-8-12(16-11)10(2)15-13-6-4-5-9-14-13;1-2/h4-9H,2-3H2,1H3,(H,14,15);1-2H3. The summed E-state index contributed by atoms with van der Waals surface area (Å²) in [5, 5.41) is 3.20. The number of aromatic nitrogens is 1. The van der Waals surface area contributed by atoms with Crippen molar-refractivity contribution in [2.24, 2.45) is 0 Å². The number of nitrogens with zero attached hydrogens (tertiary/aromatic N) is 1. The number of anilines is 1. The van der Waals surface area contributed by atoms with Gasteiger partial charge >= 0.3 is 0 Å². The van der Waals surface area contributed by atoms with Crippen LogP contribution in [0.3, 0.4) is 0 Å². The predicted octanol–water partition coefficient (Wildman–Crippen LogP) is 4.81. The molecular formula is C15H20N2S. The third-order valence-corrected chi connectivity index (χ3v) is 3.54. The van der Waals surface area contributed by atoms with Gasteiger partial charge in [-0.05, 0) is 30.7 Å². The van der Waals surface area contributed by atoms with Crippen LogP contribution in [0.15, 0.2) is 43.1 Å². The highest BCUT2D eigenvalue weighted by molar-refractivity contribution is 7.13. The highest BCUT2D eigenvalue weighted by Crippen LogP contribution is 2.24. The van der Waals surface area contributed by atoms with E-state index in [1.807, 2.05) is 32.0 Å². The van der Waals surface area contributed by atoms with Crippen LogP contribution >= 0.6 is 11.3 Å². The van der Waals surface area contributed by atoms with Crippen molar-refractivity contribution in [1.29, 1.82) is 0 Å². The van der Waals surface area contributed by atoms with E-state index >= 15 is 0 Å². The summed E-state index contributed by atoms with van der Waals surface area (Å²) >= 11 is 1.77. The molecule has 96 valence electrons. The van der Waals surface area contributed by atoms with Crippen molar-refractivity contribution in [1.82, 2.24) is 4.98 Å². The molecule has 0 bridgehead atoms. The van der Waals surface area contributed by atoms with Gasteiger partial charge in [0.25, 0.3) is 0 Å². The third-order valence-electron chi connectivity index (χ3n) is 2.25. The number of hydrogen-bond donors (Lipinski definition) is 1. The molecule has 0 aromatic carbocycles. The first-order valence-corrected chi connectivity index (χ1v) is 7.07. The Morgan fingerprint density at radius 2 is 2.06 bits per heavy atom. The lowest BCUT2D eigenvalue weighted by Gasteiger charge is -2.05. The van der Waals surface area contributed by atoms with Crippen LogP contribution in [-0.2, 0) is 6.42 Å². The summed E-state index contributed by atoms with van der Waals surface area (Å²) in [5.74, 6) is 0.832. The van der Waals surface area contributed by atoms with E-state index in [0.29, 0.717) is 0 Å². The molecule has 2 nitrogen and oxygen atoms in total. The molecule has 0 fully saturated rings. The largest absolute Gasteiger partial charge is 0.340 e. The molecule has 0 aliphatic rings. The van der Waals surface area contributed by atoms with Gasteiger partial charge < -0.3 is 5.32 Å². The quantitative estimate of drug-likeness (QED) is 0.853. The Hall–Kier alpha value is -1.61. The van der Waals surface area contributed by atoms with E-state index < -0.39 is 0 Å². The van der Waals surface area contributed by atoms with E-state index in [9.17, 15) is 0 Å². The fraction of sp³-hybridized carbons (Fsp3) is 0.267. The van der Waals surface area contributed by atoms with Crippen LogP contribution in [0.2, 0.25) is 0 Å². The maximum absolute atomic E-state index is 4.20. The van der Waals surface area contributed by atoms with Crippen LogP contribution in [-0.4, -0.2) is 4.98 Å². The summed E-state index contributed by atoms with van der Waals surface area (Å²) in [6, 6.07) is 10.0. The first kappa shape index (κ1) is 14.5. The second kappa shape index (κ2) is 7.67. The molecule has 2 heterocycles. The minimum Gasteiger partial charge on any atom is -0.340 e. The van der Waals surface area contributed by atoms with Crippen LogP contribution in [0.1, 0.15) is 30.5 Å². The van der Waals surface area contributed by atoms with Crippen LogP contribution in [0.25, 0.3) is 5.70 Å². The molecule has 0 atom stereocenters. The Morgan fingerprint density at radius 1 is 1.28 bits per heavy atom. The van der Waals surface area contributed by atoms with Crippen molar-refractivity contribution in [2.45, 2.75) is 27.2 Å². The zero-order valence-electron chi connectivity index (χ0n) is 11.2. The van der Waals surface area contributed by atoms with Gasteiger partial charge in [-0.2, -0.15) is 0 Å². The Bertz CT molecular complexity index is 474. The van der Waals surface area contributed by atoms with Crippen molar-refractivity contribution >= 4 is 22.9 Å². The molecule has 0 aliphatic carbocycles. The minimum absolute atomic E-state index is 0.832. The molecule has 0 saturated heterocycles. The number of hydrogen-bond acceptors (Lipinski definition) is 3. The molecule has 3 heteroatoms. The first-order valence-electron chi connectivity index (χ1n) is 6.25. The Balaban J connectivity index is 0.000000771. The van der Waals surface area contributed by atoms with Crippen LogP contribution in [0, 0.1) is 0 Å².